The van der Waals surface area contributed by atoms with Crippen molar-refractivity contribution in [1.82, 2.24) is 0 Å². The molecular formula is C13H17FO2S. The van der Waals surface area contributed by atoms with Gasteiger partial charge in [-0.05, 0) is 38.0 Å². The summed E-state index contributed by atoms with van der Waals surface area (Å²) in [6, 6.07) is 4.93. The summed E-state index contributed by atoms with van der Waals surface area (Å²) >= 11 is 1.52. The van der Waals surface area contributed by atoms with Crippen LogP contribution in [0, 0.1) is 5.82 Å². The second kappa shape index (κ2) is 5.38. The lowest BCUT2D eigenvalue weighted by atomic mass is 10.1. The Balaban J connectivity index is 2.11. The number of halogens is 1. The zero-order valence-corrected chi connectivity index (χ0v) is 10.8. The quantitative estimate of drug-likeness (QED) is 0.901. The molecule has 17 heavy (non-hydrogen) atoms. The molecule has 1 N–H and O–H groups in total. The van der Waals surface area contributed by atoms with E-state index >= 15 is 0 Å². The van der Waals surface area contributed by atoms with Crippen molar-refractivity contribution >= 4 is 11.8 Å². The maximum atomic E-state index is 13.8. The molecule has 1 aromatic rings. The van der Waals surface area contributed by atoms with E-state index in [9.17, 15) is 9.50 Å². The SMILES string of the molecule is CC(O)c1ccc(SC2CCOC2C)c(F)c1. The van der Waals surface area contributed by atoms with Crippen LogP contribution in [-0.4, -0.2) is 23.1 Å². The monoisotopic (exact) mass is 256 g/mol. The lowest BCUT2D eigenvalue weighted by Crippen LogP contribution is -2.13. The minimum absolute atomic E-state index is 0.177. The predicted molar refractivity (Wildman–Crippen MR) is 66.7 cm³/mol. The van der Waals surface area contributed by atoms with Gasteiger partial charge in [-0.1, -0.05) is 6.07 Å². The molecule has 1 aromatic carbocycles. The molecule has 3 unspecified atom stereocenters. The molecule has 2 rings (SSSR count). The summed E-state index contributed by atoms with van der Waals surface area (Å²) in [6.45, 7) is 4.41. The first-order valence-corrected chi connectivity index (χ1v) is 6.71. The third-order valence-corrected chi connectivity index (χ3v) is 4.53. The average molecular weight is 256 g/mol. The van der Waals surface area contributed by atoms with Gasteiger partial charge in [0, 0.05) is 16.8 Å². The summed E-state index contributed by atoms with van der Waals surface area (Å²) in [5.41, 5.74) is 0.613. The van der Waals surface area contributed by atoms with Gasteiger partial charge in [0.25, 0.3) is 0 Å². The molecule has 0 amide bonds. The molecule has 0 radical (unpaired) electrons. The van der Waals surface area contributed by atoms with Gasteiger partial charge in [0.15, 0.2) is 0 Å². The van der Waals surface area contributed by atoms with Gasteiger partial charge in [0.05, 0.1) is 12.2 Å². The largest absolute Gasteiger partial charge is 0.389 e. The van der Waals surface area contributed by atoms with Crippen molar-refractivity contribution in [2.24, 2.45) is 0 Å². The van der Waals surface area contributed by atoms with Crippen LogP contribution >= 0.6 is 11.8 Å². The molecular weight excluding hydrogens is 239 g/mol. The van der Waals surface area contributed by atoms with E-state index in [1.54, 1.807) is 19.1 Å². The zero-order chi connectivity index (χ0) is 12.4. The standard InChI is InChI=1S/C13H17FO2S/c1-8(15)10-3-4-13(11(14)7-10)17-12-5-6-16-9(12)2/h3-4,7-9,12,15H,5-6H2,1-2H3. The lowest BCUT2D eigenvalue weighted by molar-refractivity contribution is 0.127. The molecule has 4 heteroatoms. The number of hydrogen-bond donors (Lipinski definition) is 1. The van der Waals surface area contributed by atoms with E-state index in [1.807, 2.05) is 6.92 Å². The first-order valence-electron chi connectivity index (χ1n) is 5.83. The molecule has 0 saturated carbocycles. The molecule has 0 aliphatic carbocycles. The van der Waals surface area contributed by atoms with Gasteiger partial charge < -0.3 is 9.84 Å². The van der Waals surface area contributed by atoms with Gasteiger partial charge >= 0.3 is 0 Å². The highest BCUT2D eigenvalue weighted by Crippen LogP contribution is 2.34. The molecule has 0 spiro atoms. The van der Waals surface area contributed by atoms with Gasteiger partial charge in [0.2, 0.25) is 0 Å². The Kier molecular flexibility index (Phi) is 4.07. The van der Waals surface area contributed by atoms with Crippen LogP contribution in [0.15, 0.2) is 23.1 Å². The number of benzene rings is 1. The molecule has 1 fully saturated rings. The van der Waals surface area contributed by atoms with E-state index in [-0.39, 0.29) is 11.9 Å². The number of aliphatic hydroxyl groups is 1. The van der Waals surface area contributed by atoms with Gasteiger partial charge in [-0.3, -0.25) is 0 Å². The number of rotatable bonds is 3. The third-order valence-electron chi connectivity index (χ3n) is 3.02. The van der Waals surface area contributed by atoms with E-state index in [4.69, 9.17) is 4.74 Å². The molecule has 0 bridgehead atoms. The third kappa shape index (κ3) is 3.00. The Morgan fingerprint density at radius 2 is 2.29 bits per heavy atom. The molecule has 3 atom stereocenters. The normalized spacial score (nSPS) is 26.1. The van der Waals surface area contributed by atoms with Gasteiger partial charge in [-0.25, -0.2) is 4.39 Å². The molecule has 1 aliphatic heterocycles. The minimum Gasteiger partial charge on any atom is -0.389 e. The summed E-state index contributed by atoms with van der Waals surface area (Å²) in [7, 11) is 0. The number of ether oxygens (including phenoxy) is 1. The molecule has 2 nitrogen and oxygen atoms in total. The summed E-state index contributed by atoms with van der Waals surface area (Å²) in [5, 5.41) is 9.69. The Bertz CT molecular complexity index is 395. The van der Waals surface area contributed by atoms with E-state index in [2.05, 4.69) is 0 Å². The van der Waals surface area contributed by atoms with E-state index in [1.165, 1.54) is 17.8 Å². The predicted octanol–water partition coefficient (Wildman–Crippen LogP) is 3.15. The Morgan fingerprint density at radius 1 is 1.53 bits per heavy atom. The van der Waals surface area contributed by atoms with Crippen molar-refractivity contribution in [3.8, 4) is 0 Å². The van der Waals surface area contributed by atoms with Crippen LogP contribution in [0.4, 0.5) is 4.39 Å². The van der Waals surface area contributed by atoms with Crippen molar-refractivity contribution in [3.63, 3.8) is 0 Å². The first kappa shape index (κ1) is 12.9. The van der Waals surface area contributed by atoms with Crippen molar-refractivity contribution in [2.45, 2.75) is 42.6 Å². The smallest absolute Gasteiger partial charge is 0.137 e. The van der Waals surface area contributed by atoms with Crippen LogP contribution in [0.3, 0.4) is 0 Å². The summed E-state index contributed by atoms with van der Waals surface area (Å²) < 4.78 is 19.3. The van der Waals surface area contributed by atoms with Crippen LogP contribution in [0.5, 0.6) is 0 Å². The maximum Gasteiger partial charge on any atom is 0.137 e. The van der Waals surface area contributed by atoms with Gasteiger partial charge in [-0.2, -0.15) is 0 Å². The minimum atomic E-state index is -0.628. The van der Waals surface area contributed by atoms with Gasteiger partial charge in [0.1, 0.15) is 5.82 Å². The maximum absolute atomic E-state index is 13.8. The van der Waals surface area contributed by atoms with Crippen LogP contribution in [0.25, 0.3) is 0 Å². The van der Waals surface area contributed by atoms with Crippen molar-refractivity contribution < 1.29 is 14.2 Å². The second-order valence-electron chi connectivity index (χ2n) is 4.39. The number of aliphatic hydroxyl groups excluding tert-OH is 1. The highest BCUT2D eigenvalue weighted by Gasteiger charge is 2.26. The van der Waals surface area contributed by atoms with Crippen molar-refractivity contribution in [1.29, 1.82) is 0 Å². The summed E-state index contributed by atoms with van der Waals surface area (Å²) in [5.74, 6) is -0.257. The fourth-order valence-corrected chi connectivity index (χ4v) is 3.03. The first-order chi connectivity index (χ1) is 8.08. The Morgan fingerprint density at radius 3 is 2.82 bits per heavy atom. The van der Waals surface area contributed by atoms with E-state index in [0.717, 1.165) is 13.0 Å². The van der Waals surface area contributed by atoms with Crippen LogP contribution < -0.4 is 0 Å². The van der Waals surface area contributed by atoms with Crippen LogP contribution in [-0.2, 0) is 4.74 Å². The van der Waals surface area contributed by atoms with E-state index in [0.29, 0.717) is 15.7 Å². The van der Waals surface area contributed by atoms with E-state index < -0.39 is 6.10 Å². The fraction of sp³-hybridized carbons (Fsp3) is 0.538. The number of thioether (sulfide) groups is 1. The topological polar surface area (TPSA) is 29.5 Å². The average Bonchev–Trinajstić information content (AvgIpc) is 2.67. The molecule has 1 saturated heterocycles. The Hall–Kier alpha value is -0.580. The highest BCUT2D eigenvalue weighted by atomic mass is 32.2. The van der Waals surface area contributed by atoms with Crippen molar-refractivity contribution in [3.05, 3.63) is 29.6 Å². The molecule has 94 valence electrons. The lowest BCUT2D eigenvalue weighted by Gasteiger charge is -2.14. The van der Waals surface area contributed by atoms with Crippen molar-refractivity contribution in [2.75, 3.05) is 6.61 Å². The fourth-order valence-electron chi connectivity index (χ4n) is 1.90. The second-order valence-corrected chi connectivity index (χ2v) is 5.67. The summed E-state index contributed by atoms with van der Waals surface area (Å²) in [6.07, 6.45) is 0.511. The zero-order valence-electron chi connectivity index (χ0n) is 10.0. The molecule has 1 heterocycles. The van der Waals surface area contributed by atoms with Crippen LogP contribution in [0.2, 0.25) is 0 Å². The molecule has 0 aromatic heterocycles. The highest BCUT2D eigenvalue weighted by molar-refractivity contribution is 8.00. The molecule has 1 aliphatic rings. The van der Waals surface area contributed by atoms with Crippen LogP contribution in [0.1, 0.15) is 31.9 Å². The van der Waals surface area contributed by atoms with Gasteiger partial charge in [-0.15, -0.1) is 11.8 Å². The Labute approximate surface area is 105 Å². The summed E-state index contributed by atoms with van der Waals surface area (Å²) in [4.78, 5) is 0.636. The number of hydrogen-bond acceptors (Lipinski definition) is 3.